The van der Waals surface area contributed by atoms with E-state index in [0.29, 0.717) is 12.1 Å². The van der Waals surface area contributed by atoms with Crippen LogP contribution in [0, 0.1) is 0 Å². The Morgan fingerprint density at radius 2 is 2.20 bits per heavy atom. The zero-order chi connectivity index (χ0) is 18.2. The van der Waals surface area contributed by atoms with Crippen LogP contribution >= 0.6 is 0 Å². The van der Waals surface area contributed by atoms with Crippen LogP contribution in [0.15, 0.2) is 18.2 Å². The molecule has 25 heavy (non-hydrogen) atoms. The Balaban J connectivity index is 1.87. The van der Waals surface area contributed by atoms with Gasteiger partial charge in [0.05, 0.1) is 13.2 Å². The number of carbonyl (C=O) groups is 1. The van der Waals surface area contributed by atoms with Gasteiger partial charge in [-0.05, 0) is 37.0 Å². The van der Waals surface area contributed by atoms with Crippen molar-refractivity contribution in [1.29, 1.82) is 0 Å². The summed E-state index contributed by atoms with van der Waals surface area (Å²) in [6.07, 6.45) is 3.19. The third kappa shape index (κ3) is 6.04. The first-order chi connectivity index (χ1) is 12.0. The molecule has 2 amide bonds. The van der Waals surface area contributed by atoms with Crippen molar-refractivity contribution in [2.75, 3.05) is 27.3 Å². The number of alkyl halides is 2. The number of nitrogens with one attached hydrogen (secondary N) is 1. The first kappa shape index (κ1) is 19.2. The number of carbonyl (C=O) groups excluding carboxylic acids is 1. The van der Waals surface area contributed by atoms with Crippen molar-refractivity contribution in [3.05, 3.63) is 23.8 Å². The minimum absolute atomic E-state index is 0.0618. The summed E-state index contributed by atoms with van der Waals surface area (Å²) in [5.74, 6) is 0.148. The molecule has 1 aliphatic rings. The van der Waals surface area contributed by atoms with E-state index in [-0.39, 0.29) is 30.2 Å². The van der Waals surface area contributed by atoms with Crippen LogP contribution in [0.2, 0.25) is 0 Å². The Hall–Kier alpha value is -2.09. The van der Waals surface area contributed by atoms with E-state index in [1.54, 1.807) is 18.0 Å². The number of hydrogen-bond donors (Lipinski definition) is 1. The number of urea groups is 1. The molecule has 1 saturated heterocycles. The molecule has 0 radical (unpaired) electrons. The van der Waals surface area contributed by atoms with Gasteiger partial charge < -0.3 is 24.4 Å². The number of ether oxygens (including phenoxy) is 3. The smallest absolute Gasteiger partial charge is 0.387 e. The van der Waals surface area contributed by atoms with E-state index in [4.69, 9.17) is 9.47 Å². The minimum Gasteiger partial charge on any atom is -0.493 e. The highest BCUT2D eigenvalue weighted by Gasteiger charge is 2.19. The quantitative estimate of drug-likeness (QED) is 0.814. The number of nitrogens with zero attached hydrogens (tertiary/aromatic N) is 1. The Morgan fingerprint density at radius 3 is 2.84 bits per heavy atom. The van der Waals surface area contributed by atoms with E-state index < -0.39 is 6.61 Å². The predicted octanol–water partition coefficient (Wildman–Crippen LogP) is 3.01. The lowest BCUT2D eigenvalue weighted by Crippen LogP contribution is -2.42. The average molecular weight is 358 g/mol. The van der Waals surface area contributed by atoms with Gasteiger partial charge in [-0.15, -0.1) is 0 Å². The van der Waals surface area contributed by atoms with Crippen LogP contribution in [0.5, 0.6) is 11.5 Å². The number of amides is 2. The van der Waals surface area contributed by atoms with Crippen molar-refractivity contribution in [2.45, 2.75) is 38.5 Å². The molecule has 1 aromatic rings. The molecule has 6 nitrogen and oxygen atoms in total. The minimum atomic E-state index is -2.94. The highest BCUT2D eigenvalue weighted by Crippen LogP contribution is 2.29. The Labute approximate surface area is 146 Å². The van der Waals surface area contributed by atoms with Gasteiger partial charge in [0.25, 0.3) is 0 Å². The fourth-order valence-corrected chi connectivity index (χ4v) is 2.67. The van der Waals surface area contributed by atoms with E-state index in [9.17, 15) is 13.6 Å². The second-order valence-electron chi connectivity index (χ2n) is 5.89. The molecule has 8 heteroatoms. The maximum Gasteiger partial charge on any atom is 0.387 e. The molecule has 140 valence electrons. The van der Waals surface area contributed by atoms with Crippen LogP contribution in [0.4, 0.5) is 13.6 Å². The fourth-order valence-electron chi connectivity index (χ4n) is 2.67. The van der Waals surface area contributed by atoms with Crippen LogP contribution in [-0.4, -0.2) is 51.0 Å². The number of hydrogen-bond acceptors (Lipinski definition) is 4. The lowest BCUT2D eigenvalue weighted by Gasteiger charge is -2.27. The summed E-state index contributed by atoms with van der Waals surface area (Å²) in [6, 6.07) is 4.39. The van der Waals surface area contributed by atoms with Gasteiger partial charge in [0, 0.05) is 26.7 Å². The molecule has 1 heterocycles. The standard InChI is InChI=1S/C17H24F2N2O4/c1-21(11-13-5-3-4-8-24-13)17(22)20-10-12-6-7-14(23-2)15(9-12)25-16(18)19/h6-7,9,13,16H,3-5,8,10-11H2,1-2H3,(H,20,22). The van der Waals surface area contributed by atoms with Crippen molar-refractivity contribution < 1.29 is 27.8 Å². The molecule has 1 unspecified atom stereocenters. The zero-order valence-corrected chi connectivity index (χ0v) is 14.5. The van der Waals surface area contributed by atoms with Gasteiger partial charge in [0.2, 0.25) is 0 Å². The van der Waals surface area contributed by atoms with Crippen LogP contribution in [0.25, 0.3) is 0 Å². The monoisotopic (exact) mass is 358 g/mol. The first-order valence-electron chi connectivity index (χ1n) is 8.22. The van der Waals surface area contributed by atoms with Gasteiger partial charge in [0.1, 0.15) is 0 Å². The molecule has 0 bridgehead atoms. The summed E-state index contributed by atoms with van der Waals surface area (Å²) in [5, 5.41) is 2.75. The molecule has 1 atom stereocenters. The lowest BCUT2D eigenvalue weighted by molar-refractivity contribution is -0.0512. The lowest BCUT2D eigenvalue weighted by atomic mass is 10.1. The number of rotatable bonds is 7. The molecule has 1 fully saturated rings. The second-order valence-corrected chi connectivity index (χ2v) is 5.89. The maximum absolute atomic E-state index is 12.4. The van der Waals surface area contributed by atoms with Crippen molar-refractivity contribution in [2.24, 2.45) is 0 Å². The topological polar surface area (TPSA) is 60.0 Å². The van der Waals surface area contributed by atoms with Gasteiger partial charge in [-0.1, -0.05) is 6.07 Å². The molecule has 1 aromatic carbocycles. The fraction of sp³-hybridized carbons (Fsp3) is 0.588. The highest BCUT2D eigenvalue weighted by molar-refractivity contribution is 5.73. The largest absolute Gasteiger partial charge is 0.493 e. The summed E-state index contributed by atoms with van der Waals surface area (Å²) < 4.78 is 39.9. The normalized spacial score (nSPS) is 17.2. The van der Waals surface area contributed by atoms with Crippen molar-refractivity contribution >= 4 is 6.03 Å². The van der Waals surface area contributed by atoms with Gasteiger partial charge >= 0.3 is 12.6 Å². The SMILES string of the molecule is COc1ccc(CNC(=O)N(C)CC2CCCCO2)cc1OC(F)F. The molecular formula is C17H24F2N2O4. The summed E-state index contributed by atoms with van der Waals surface area (Å²) >= 11 is 0. The predicted molar refractivity (Wildman–Crippen MR) is 88.1 cm³/mol. The van der Waals surface area contributed by atoms with Crippen LogP contribution < -0.4 is 14.8 Å². The molecule has 0 spiro atoms. The van der Waals surface area contributed by atoms with Crippen molar-refractivity contribution in [3.8, 4) is 11.5 Å². The number of methoxy groups -OCH3 is 1. The van der Waals surface area contributed by atoms with Gasteiger partial charge in [-0.25, -0.2) is 4.79 Å². The van der Waals surface area contributed by atoms with Gasteiger partial charge in [-0.3, -0.25) is 0 Å². The summed E-state index contributed by atoms with van der Waals surface area (Å²) in [6.45, 7) is -1.49. The van der Waals surface area contributed by atoms with E-state index in [1.165, 1.54) is 19.2 Å². The number of halogens is 2. The number of benzene rings is 1. The van der Waals surface area contributed by atoms with E-state index in [2.05, 4.69) is 10.1 Å². The molecule has 0 aliphatic carbocycles. The van der Waals surface area contributed by atoms with Crippen LogP contribution in [0.3, 0.4) is 0 Å². The zero-order valence-electron chi connectivity index (χ0n) is 14.5. The molecular weight excluding hydrogens is 334 g/mol. The van der Waals surface area contributed by atoms with Crippen LogP contribution in [-0.2, 0) is 11.3 Å². The molecule has 1 aliphatic heterocycles. The van der Waals surface area contributed by atoms with E-state index >= 15 is 0 Å². The highest BCUT2D eigenvalue weighted by atomic mass is 19.3. The molecule has 0 aromatic heterocycles. The summed E-state index contributed by atoms with van der Waals surface area (Å²) in [5.41, 5.74) is 0.632. The molecule has 2 rings (SSSR count). The third-order valence-electron chi connectivity index (χ3n) is 3.99. The summed E-state index contributed by atoms with van der Waals surface area (Å²) in [7, 11) is 3.07. The van der Waals surface area contributed by atoms with Gasteiger partial charge in [0.15, 0.2) is 11.5 Å². The maximum atomic E-state index is 12.4. The van der Waals surface area contributed by atoms with Gasteiger partial charge in [-0.2, -0.15) is 8.78 Å². The number of likely N-dealkylation sites (N-methyl/N-ethyl adjacent to an activating group) is 1. The Kier molecular flexibility index (Phi) is 7.24. The van der Waals surface area contributed by atoms with Crippen LogP contribution in [0.1, 0.15) is 24.8 Å². The Bertz CT molecular complexity index is 566. The van der Waals surface area contributed by atoms with Crippen molar-refractivity contribution in [1.82, 2.24) is 10.2 Å². The average Bonchev–Trinajstić information content (AvgIpc) is 2.60. The summed E-state index contributed by atoms with van der Waals surface area (Å²) in [4.78, 5) is 13.7. The second kappa shape index (κ2) is 9.41. The van der Waals surface area contributed by atoms with Crippen molar-refractivity contribution in [3.63, 3.8) is 0 Å². The third-order valence-corrected chi connectivity index (χ3v) is 3.99. The first-order valence-corrected chi connectivity index (χ1v) is 8.22. The van der Waals surface area contributed by atoms with E-state index in [0.717, 1.165) is 25.9 Å². The molecule has 1 N–H and O–H groups in total. The Morgan fingerprint density at radius 1 is 1.40 bits per heavy atom. The van der Waals surface area contributed by atoms with E-state index in [1.807, 2.05) is 0 Å². The molecule has 0 saturated carbocycles.